The van der Waals surface area contributed by atoms with Gasteiger partial charge in [-0.15, -0.1) is 0 Å². The van der Waals surface area contributed by atoms with Gasteiger partial charge in [0.1, 0.15) is 19.3 Å². The van der Waals surface area contributed by atoms with Crippen LogP contribution in [0.1, 0.15) is 331 Å². The van der Waals surface area contributed by atoms with Crippen LogP contribution < -0.4 is 0 Å². The maximum atomic E-state index is 13.0. The number of hydrogen-bond donors (Lipinski definition) is 3. The molecule has 0 bridgehead atoms. The lowest BCUT2D eigenvalue weighted by atomic mass is 10.0. The van der Waals surface area contributed by atoms with Gasteiger partial charge in [0.15, 0.2) is 12.2 Å². The van der Waals surface area contributed by atoms with E-state index in [0.717, 1.165) is 102 Å². The number of aliphatic hydroxyl groups excluding tert-OH is 1. The lowest BCUT2D eigenvalue weighted by Gasteiger charge is -2.21. The number of rotatable bonds is 65. The Kier molecular flexibility index (Phi) is 56.9. The Morgan fingerprint density at radius 1 is 0.314 bits per heavy atom. The van der Waals surface area contributed by atoms with Crippen LogP contribution in [0.4, 0.5) is 0 Å². The third kappa shape index (κ3) is 60.9. The van der Waals surface area contributed by atoms with Crippen molar-refractivity contribution in [1.82, 2.24) is 0 Å². The molecular formula is C67H130O17P2. The van der Waals surface area contributed by atoms with E-state index < -0.39 is 97.5 Å². The minimum Gasteiger partial charge on any atom is -0.462 e. The number of phosphoric acid groups is 2. The number of carbonyl (C=O) groups is 4. The van der Waals surface area contributed by atoms with E-state index in [1.807, 2.05) is 0 Å². The van der Waals surface area contributed by atoms with Gasteiger partial charge in [0, 0.05) is 25.7 Å². The Labute approximate surface area is 524 Å². The van der Waals surface area contributed by atoms with E-state index in [1.54, 1.807) is 0 Å². The Morgan fingerprint density at radius 2 is 0.535 bits per heavy atom. The molecule has 0 spiro atoms. The lowest BCUT2D eigenvalue weighted by Crippen LogP contribution is -2.30. The highest BCUT2D eigenvalue weighted by atomic mass is 31.2. The molecule has 0 amide bonds. The average Bonchev–Trinajstić information content (AvgIpc) is 3.59. The summed E-state index contributed by atoms with van der Waals surface area (Å²) in [6.07, 6.45) is 40.5. The topological polar surface area (TPSA) is 237 Å². The summed E-state index contributed by atoms with van der Waals surface area (Å²) in [4.78, 5) is 72.3. The number of unbranched alkanes of at least 4 members (excludes halogenated alkanes) is 33. The number of aliphatic hydroxyl groups is 1. The summed E-state index contributed by atoms with van der Waals surface area (Å²) in [6.45, 7) is 11.7. The zero-order chi connectivity index (χ0) is 63.8. The monoisotopic (exact) mass is 1270 g/mol. The van der Waals surface area contributed by atoms with Crippen LogP contribution in [0, 0.1) is 17.8 Å². The van der Waals surface area contributed by atoms with Crippen molar-refractivity contribution in [3.8, 4) is 0 Å². The van der Waals surface area contributed by atoms with E-state index in [9.17, 15) is 43.2 Å². The van der Waals surface area contributed by atoms with E-state index in [2.05, 4.69) is 48.5 Å². The third-order valence-corrected chi connectivity index (χ3v) is 17.3. The number of carbonyl (C=O) groups excluding carboxylic acids is 4. The van der Waals surface area contributed by atoms with Crippen LogP contribution in [0.5, 0.6) is 0 Å². The summed E-state index contributed by atoms with van der Waals surface area (Å²) in [5.41, 5.74) is 0. The Balaban J connectivity index is 5.24. The second kappa shape index (κ2) is 58.2. The standard InChI is InChI=1S/C67H130O17P2/c1-8-9-10-11-12-13-14-18-21-26-34-41-48-64(69)77-54-62(83-66(71)50-43-36-27-22-19-16-15-17-20-24-31-38-45-58(2)3)56-81-85(73,74)79-52-61(68)53-80-86(75,76)82-57-63(55-78-65(70)49-42-35-30-29-33-40-47-60(6)7)84-67(72)51-44-37-28-23-25-32-39-46-59(4)5/h58-63,68H,8-57H2,1-7H3,(H,73,74)(H,75,76)/t61-,62-,63-/m1/s1. The van der Waals surface area contributed by atoms with Crippen LogP contribution in [0.25, 0.3) is 0 Å². The molecule has 510 valence electrons. The predicted octanol–water partition coefficient (Wildman–Crippen LogP) is 18.7. The van der Waals surface area contributed by atoms with E-state index in [4.69, 9.17) is 37.0 Å². The predicted molar refractivity (Wildman–Crippen MR) is 344 cm³/mol. The smallest absolute Gasteiger partial charge is 0.462 e. The molecule has 5 atom stereocenters. The minimum absolute atomic E-state index is 0.102. The maximum absolute atomic E-state index is 13.0. The summed E-state index contributed by atoms with van der Waals surface area (Å²) in [7, 11) is -9.89. The number of phosphoric ester groups is 2. The zero-order valence-electron chi connectivity index (χ0n) is 55.8. The molecule has 0 rings (SSSR count). The molecule has 17 nitrogen and oxygen atoms in total. The molecule has 0 aromatic rings. The van der Waals surface area contributed by atoms with E-state index in [0.29, 0.717) is 37.5 Å². The normalized spacial score (nSPS) is 14.3. The molecule has 3 N–H and O–H groups in total. The first kappa shape index (κ1) is 84.1. The molecule has 19 heteroatoms. The van der Waals surface area contributed by atoms with Gasteiger partial charge in [-0.3, -0.25) is 37.3 Å². The van der Waals surface area contributed by atoms with Gasteiger partial charge >= 0.3 is 39.5 Å². The van der Waals surface area contributed by atoms with Crippen molar-refractivity contribution in [2.75, 3.05) is 39.6 Å². The van der Waals surface area contributed by atoms with Crippen LogP contribution in [0.2, 0.25) is 0 Å². The molecule has 86 heavy (non-hydrogen) atoms. The highest BCUT2D eigenvalue weighted by Crippen LogP contribution is 2.45. The molecular weight excluding hydrogens is 1140 g/mol. The summed E-state index contributed by atoms with van der Waals surface area (Å²) < 4.78 is 68.1. The van der Waals surface area contributed by atoms with Crippen LogP contribution in [-0.2, 0) is 65.4 Å². The molecule has 0 heterocycles. The van der Waals surface area contributed by atoms with Crippen molar-refractivity contribution in [3.63, 3.8) is 0 Å². The first-order valence-corrected chi connectivity index (χ1v) is 37.8. The molecule has 0 radical (unpaired) electrons. The highest BCUT2D eigenvalue weighted by Gasteiger charge is 2.30. The summed E-state index contributed by atoms with van der Waals surface area (Å²) in [5, 5.41) is 10.6. The van der Waals surface area contributed by atoms with Crippen LogP contribution >= 0.6 is 15.6 Å². The first-order chi connectivity index (χ1) is 41.2. The summed E-state index contributed by atoms with van der Waals surface area (Å²) in [6, 6.07) is 0. The zero-order valence-corrected chi connectivity index (χ0v) is 57.6. The molecule has 0 saturated carbocycles. The van der Waals surface area contributed by atoms with Crippen LogP contribution in [-0.4, -0.2) is 96.7 Å². The van der Waals surface area contributed by atoms with Crippen LogP contribution in [0.3, 0.4) is 0 Å². The van der Waals surface area contributed by atoms with E-state index >= 15 is 0 Å². The van der Waals surface area contributed by atoms with E-state index in [-0.39, 0.29) is 25.7 Å². The van der Waals surface area contributed by atoms with Crippen molar-refractivity contribution < 1.29 is 80.2 Å². The van der Waals surface area contributed by atoms with Gasteiger partial charge in [-0.2, -0.15) is 0 Å². The molecule has 0 fully saturated rings. The summed E-state index contributed by atoms with van der Waals surface area (Å²) in [5.74, 6) is 0.0182. The van der Waals surface area contributed by atoms with Crippen molar-refractivity contribution in [1.29, 1.82) is 0 Å². The molecule has 0 aliphatic heterocycles. The van der Waals surface area contributed by atoms with Crippen LogP contribution in [0.15, 0.2) is 0 Å². The quantitative estimate of drug-likeness (QED) is 0.0222. The highest BCUT2D eigenvalue weighted by molar-refractivity contribution is 7.47. The Bertz CT molecular complexity index is 1700. The number of ether oxygens (including phenoxy) is 4. The second-order valence-electron chi connectivity index (χ2n) is 25.6. The van der Waals surface area contributed by atoms with Gasteiger partial charge in [-0.25, -0.2) is 9.13 Å². The lowest BCUT2D eigenvalue weighted by molar-refractivity contribution is -0.161. The van der Waals surface area contributed by atoms with Gasteiger partial charge in [-0.1, -0.05) is 280 Å². The summed E-state index contributed by atoms with van der Waals surface area (Å²) >= 11 is 0. The molecule has 0 aliphatic carbocycles. The fraction of sp³-hybridized carbons (Fsp3) is 0.940. The van der Waals surface area contributed by atoms with Gasteiger partial charge in [0.2, 0.25) is 0 Å². The van der Waals surface area contributed by atoms with Gasteiger partial charge in [-0.05, 0) is 43.4 Å². The molecule has 0 aromatic heterocycles. The van der Waals surface area contributed by atoms with Gasteiger partial charge < -0.3 is 33.8 Å². The first-order valence-electron chi connectivity index (χ1n) is 34.8. The second-order valence-corrected chi connectivity index (χ2v) is 28.5. The minimum atomic E-state index is -4.95. The average molecular weight is 1270 g/mol. The fourth-order valence-corrected chi connectivity index (χ4v) is 11.6. The van der Waals surface area contributed by atoms with Gasteiger partial charge in [0.05, 0.1) is 26.4 Å². The molecule has 0 saturated heterocycles. The van der Waals surface area contributed by atoms with Crippen molar-refractivity contribution >= 4 is 39.5 Å². The largest absolute Gasteiger partial charge is 0.472 e. The number of esters is 4. The molecule has 0 aliphatic rings. The number of hydrogen-bond acceptors (Lipinski definition) is 15. The van der Waals surface area contributed by atoms with E-state index in [1.165, 1.54) is 135 Å². The maximum Gasteiger partial charge on any atom is 0.472 e. The SMILES string of the molecule is CCCCCCCCCCCCCCC(=O)OC[C@H](COP(=O)(O)OC[C@@H](O)COP(=O)(O)OC[C@@H](COC(=O)CCCCCCCCC(C)C)OC(=O)CCCCCCCCCC(C)C)OC(=O)CCCCCCCCCCCCCCC(C)C. The molecule has 0 aromatic carbocycles. The van der Waals surface area contributed by atoms with Crippen molar-refractivity contribution in [3.05, 3.63) is 0 Å². The third-order valence-electron chi connectivity index (χ3n) is 15.4. The van der Waals surface area contributed by atoms with Crippen molar-refractivity contribution in [2.24, 2.45) is 17.8 Å². The Hall–Kier alpha value is -1.94. The Morgan fingerprint density at radius 3 is 0.791 bits per heavy atom. The fourth-order valence-electron chi connectivity index (χ4n) is 10.0. The van der Waals surface area contributed by atoms with Gasteiger partial charge in [0.25, 0.3) is 0 Å². The molecule has 2 unspecified atom stereocenters. The van der Waals surface area contributed by atoms with Crippen molar-refractivity contribution in [2.45, 2.75) is 349 Å².